The van der Waals surface area contributed by atoms with Crippen molar-refractivity contribution in [3.63, 3.8) is 0 Å². The maximum atomic E-state index is 12.3. The lowest BCUT2D eigenvalue weighted by atomic mass is 10.1. The molecule has 2 rings (SSSR count). The number of imidazole rings is 1. The van der Waals surface area contributed by atoms with Crippen molar-refractivity contribution in [3.8, 4) is 0 Å². The molecule has 0 spiro atoms. The van der Waals surface area contributed by atoms with Gasteiger partial charge in [-0.05, 0) is 19.4 Å². The number of hydrogen-bond donors (Lipinski definition) is 4. The number of benzene rings is 1. The van der Waals surface area contributed by atoms with E-state index in [1.807, 2.05) is 37.3 Å². The molecule has 7 heteroatoms. The molecule has 2 aromatic rings. The molecule has 0 aliphatic heterocycles. The van der Waals surface area contributed by atoms with Crippen LogP contribution in [-0.4, -0.2) is 39.5 Å². The summed E-state index contributed by atoms with van der Waals surface area (Å²) in [5, 5.41) is 14.5. The van der Waals surface area contributed by atoms with Crippen LogP contribution in [0.4, 0.5) is 0 Å². The fraction of sp³-hybridized carbons (Fsp3) is 0.312. The Morgan fingerprint density at radius 3 is 2.57 bits per heavy atom. The maximum Gasteiger partial charge on any atom is 0.272 e. The van der Waals surface area contributed by atoms with Crippen molar-refractivity contribution in [2.45, 2.75) is 26.0 Å². The smallest absolute Gasteiger partial charge is 0.272 e. The third-order valence-electron chi connectivity index (χ3n) is 3.29. The van der Waals surface area contributed by atoms with E-state index in [0.29, 0.717) is 0 Å². The Hall–Kier alpha value is -2.67. The molecule has 1 aromatic heterocycles. The van der Waals surface area contributed by atoms with E-state index in [2.05, 4.69) is 20.6 Å². The first kappa shape index (κ1) is 16.7. The van der Waals surface area contributed by atoms with Gasteiger partial charge in [-0.25, -0.2) is 4.98 Å². The molecule has 0 bridgehead atoms. The van der Waals surface area contributed by atoms with Gasteiger partial charge in [-0.3, -0.25) is 9.59 Å². The number of carbonyl (C=O) groups excluding carboxylic acids is 2. The van der Waals surface area contributed by atoms with Crippen molar-refractivity contribution >= 4 is 11.8 Å². The molecule has 0 aliphatic carbocycles. The highest BCUT2D eigenvalue weighted by molar-refractivity contribution is 6.04. The van der Waals surface area contributed by atoms with Crippen molar-refractivity contribution in [2.75, 3.05) is 6.54 Å². The average molecular weight is 316 g/mol. The minimum Gasteiger partial charge on any atom is -0.392 e. The fourth-order valence-corrected chi connectivity index (χ4v) is 2.06. The summed E-state index contributed by atoms with van der Waals surface area (Å²) in [5.41, 5.74) is 1.05. The standard InChI is InChI=1S/C16H20N4O3/c1-10(21)8-17-15(22)13-14(19-9-18-13)16(23)20-11(2)12-6-4-3-5-7-12/h3-7,9-11,21H,8H2,1-2H3,(H,17,22)(H,18,19)(H,20,23)/t10-,11+/m1/s1. The van der Waals surface area contributed by atoms with Crippen molar-refractivity contribution in [2.24, 2.45) is 0 Å². The molecule has 0 fully saturated rings. The molecular weight excluding hydrogens is 296 g/mol. The molecule has 23 heavy (non-hydrogen) atoms. The number of hydrogen-bond acceptors (Lipinski definition) is 4. The monoisotopic (exact) mass is 316 g/mol. The number of aromatic amines is 1. The van der Waals surface area contributed by atoms with Gasteiger partial charge in [-0.2, -0.15) is 0 Å². The van der Waals surface area contributed by atoms with Crippen molar-refractivity contribution in [3.05, 3.63) is 53.6 Å². The number of amides is 2. The Morgan fingerprint density at radius 2 is 1.91 bits per heavy atom. The molecule has 0 radical (unpaired) electrons. The Bertz CT molecular complexity index is 667. The molecule has 122 valence electrons. The molecule has 0 unspecified atom stereocenters. The lowest BCUT2D eigenvalue weighted by molar-refractivity contribution is 0.0892. The van der Waals surface area contributed by atoms with E-state index in [1.165, 1.54) is 6.33 Å². The number of nitrogens with zero attached hydrogens (tertiary/aromatic N) is 1. The maximum absolute atomic E-state index is 12.3. The predicted octanol–water partition coefficient (Wildman–Crippen LogP) is 1.01. The van der Waals surface area contributed by atoms with Crippen LogP contribution in [-0.2, 0) is 0 Å². The van der Waals surface area contributed by atoms with Crippen LogP contribution >= 0.6 is 0 Å². The molecule has 7 nitrogen and oxygen atoms in total. The lowest BCUT2D eigenvalue weighted by Gasteiger charge is -2.14. The first-order valence-corrected chi connectivity index (χ1v) is 7.34. The van der Waals surface area contributed by atoms with Gasteiger partial charge in [0.2, 0.25) is 0 Å². The van der Waals surface area contributed by atoms with E-state index in [0.717, 1.165) is 5.56 Å². The molecule has 2 atom stereocenters. The molecule has 4 N–H and O–H groups in total. The Kier molecular flexibility index (Phi) is 5.48. The highest BCUT2D eigenvalue weighted by Crippen LogP contribution is 2.12. The molecule has 0 saturated carbocycles. The number of aliphatic hydroxyl groups is 1. The zero-order valence-electron chi connectivity index (χ0n) is 13.0. The van der Waals surface area contributed by atoms with Crippen LogP contribution in [0.2, 0.25) is 0 Å². The highest BCUT2D eigenvalue weighted by atomic mass is 16.3. The van der Waals surface area contributed by atoms with Crippen molar-refractivity contribution in [1.29, 1.82) is 0 Å². The number of nitrogens with one attached hydrogen (secondary N) is 3. The molecule has 1 aromatic carbocycles. The summed E-state index contributed by atoms with van der Waals surface area (Å²) in [6.45, 7) is 3.51. The van der Waals surface area contributed by atoms with Gasteiger partial charge in [0.25, 0.3) is 11.8 Å². The van der Waals surface area contributed by atoms with Crippen LogP contribution < -0.4 is 10.6 Å². The van der Waals surface area contributed by atoms with Crippen LogP contribution in [0.3, 0.4) is 0 Å². The highest BCUT2D eigenvalue weighted by Gasteiger charge is 2.21. The van der Waals surface area contributed by atoms with Crippen LogP contribution in [0.1, 0.15) is 46.4 Å². The van der Waals surface area contributed by atoms with Gasteiger partial charge in [0.1, 0.15) is 5.69 Å². The fourth-order valence-electron chi connectivity index (χ4n) is 2.06. The van der Waals surface area contributed by atoms with E-state index >= 15 is 0 Å². The zero-order valence-corrected chi connectivity index (χ0v) is 13.0. The normalized spacial score (nSPS) is 13.2. The second-order valence-corrected chi connectivity index (χ2v) is 5.29. The number of H-pyrrole nitrogens is 1. The van der Waals surface area contributed by atoms with Gasteiger partial charge < -0.3 is 20.7 Å². The number of aromatic nitrogens is 2. The van der Waals surface area contributed by atoms with E-state index in [9.17, 15) is 14.7 Å². The second-order valence-electron chi connectivity index (χ2n) is 5.29. The summed E-state index contributed by atoms with van der Waals surface area (Å²) in [7, 11) is 0. The number of carbonyl (C=O) groups is 2. The van der Waals surface area contributed by atoms with Crippen LogP contribution in [0, 0.1) is 0 Å². The minimum absolute atomic E-state index is 0.0240. The largest absolute Gasteiger partial charge is 0.392 e. The topological polar surface area (TPSA) is 107 Å². The summed E-state index contributed by atoms with van der Waals surface area (Å²) < 4.78 is 0. The molecule has 2 amide bonds. The van der Waals surface area contributed by atoms with Crippen LogP contribution in [0.25, 0.3) is 0 Å². The van der Waals surface area contributed by atoms with Gasteiger partial charge >= 0.3 is 0 Å². The number of aliphatic hydroxyl groups excluding tert-OH is 1. The van der Waals surface area contributed by atoms with Crippen molar-refractivity contribution < 1.29 is 14.7 Å². The van der Waals surface area contributed by atoms with E-state index in [1.54, 1.807) is 6.92 Å². The predicted molar refractivity (Wildman–Crippen MR) is 84.9 cm³/mol. The van der Waals surface area contributed by atoms with E-state index in [-0.39, 0.29) is 24.0 Å². The first-order valence-electron chi connectivity index (χ1n) is 7.34. The third-order valence-corrected chi connectivity index (χ3v) is 3.29. The Balaban J connectivity index is 2.06. The van der Waals surface area contributed by atoms with Crippen molar-refractivity contribution in [1.82, 2.24) is 20.6 Å². The SMILES string of the molecule is C[C@H](NC(=O)c1nc[nH]c1C(=O)NC[C@@H](C)O)c1ccccc1. The summed E-state index contributed by atoms with van der Waals surface area (Å²) in [6.07, 6.45) is 0.622. The molecular formula is C16H20N4O3. The van der Waals surface area contributed by atoms with E-state index in [4.69, 9.17) is 0 Å². The Morgan fingerprint density at radius 1 is 1.22 bits per heavy atom. The van der Waals surface area contributed by atoms with Gasteiger partial charge in [0.15, 0.2) is 5.69 Å². The lowest BCUT2D eigenvalue weighted by Crippen LogP contribution is -2.33. The van der Waals surface area contributed by atoms with Gasteiger partial charge in [0, 0.05) is 6.54 Å². The van der Waals surface area contributed by atoms with Gasteiger partial charge in [0.05, 0.1) is 18.5 Å². The summed E-state index contributed by atoms with van der Waals surface area (Å²) >= 11 is 0. The minimum atomic E-state index is -0.669. The van der Waals surface area contributed by atoms with Crippen LogP contribution in [0.5, 0.6) is 0 Å². The first-order chi connectivity index (χ1) is 11.0. The molecule has 0 aliphatic rings. The summed E-state index contributed by atoms with van der Waals surface area (Å²) in [5.74, 6) is -0.925. The summed E-state index contributed by atoms with van der Waals surface area (Å²) in [4.78, 5) is 30.9. The van der Waals surface area contributed by atoms with E-state index < -0.39 is 17.9 Å². The molecule has 1 heterocycles. The average Bonchev–Trinajstić information content (AvgIpc) is 3.03. The van der Waals surface area contributed by atoms with Gasteiger partial charge in [-0.15, -0.1) is 0 Å². The zero-order chi connectivity index (χ0) is 16.8. The Labute approximate surface area is 134 Å². The molecule has 0 saturated heterocycles. The summed E-state index contributed by atoms with van der Waals surface area (Å²) in [6, 6.07) is 9.28. The second kappa shape index (κ2) is 7.55. The van der Waals surface area contributed by atoms with Crippen LogP contribution in [0.15, 0.2) is 36.7 Å². The quantitative estimate of drug-likeness (QED) is 0.638. The third kappa shape index (κ3) is 4.40. The van der Waals surface area contributed by atoms with Gasteiger partial charge in [-0.1, -0.05) is 30.3 Å². The number of rotatable bonds is 6.